The van der Waals surface area contributed by atoms with Crippen molar-refractivity contribution < 1.29 is 13.9 Å². The molecule has 4 nitrogen and oxygen atoms in total. The minimum Gasteiger partial charge on any atom is -0.457 e. The van der Waals surface area contributed by atoms with Crippen LogP contribution in [0.5, 0.6) is 11.5 Å². The Morgan fingerprint density at radius 3 is 2.59 bits per heavy atom. The van der Waals surface area contributed by atoms with E-state index >= 15 is 0 Å². The van der Waals surface area contributed by atoms with Crippen molar-refractivity contribution in [1.82, 2.24) is 5.32 Å². The van der Waals surface area contributed by atoms with Crippen molar-refractivity contribution in [2.45, 2.75) is 26.6 Å². The van der Waals surface area contributed by atoms with Crippen molar-refractivity contribution in [3.63, 3.8) is 0 Å². The molecule has 27 heavy (non-hydrogen) atoms. The molecule has 1 amide bonds. The third-order valence-corrected chi connectivity index (χ3v) is 3.85. The number of hydrogen-bond acceptors (Lipinski definition) is 3. The molecule has 3 N–H and O–H groups in total. The summed E-state index contributed by atoms with van der Waals surface area (Å²) < 4.78 is 18.8. The zero-order valence-electron chi connectivity index (χ0n) is 15.2. The molecule has 2 aromatic carbocycles. The fourth-order valence-electron chi connectivity index (χ4n) is 2.25. The predicted molar refractivity (Wildman–Crippen MR) is 106 cm³/mol. The van der Waals surface area contributed by atoms with Crippen LogP contribution in [0.25, 0.3) is 0 Å². The van der Waals surface area contributed by atoms with Crippen LogP contribution >= 0.6 is 11.6 Å². The number of nitrogens with one attached hydrogen (secondary N) is 1. The van der Waals surface area contributed by atoms with Gasteiger partial charge in [0.15, 0.2) is 0 Å². The number of ether oxygens (including phenoxy) is 1. The molecule has 1 atom stereocenters. The number of benzene rings is 2. The summed E-state index contributed by atoms with van der Waals surface area (Å²) in [4.78, 5) is 12.3. The maximum Gasteiger partial charge on any atom is 0.253 e. The highest BCUT2D eigenvalue weighted by Gasteiger charge is 2.09. The lowest BCUT2D eigenvalue weighted by Gasteiger charge is -2.10. The summed E-state index contributed by atoms with van der Waals surface area (Å²) in [6, 6.07) is 14.4. The molecular weight excluding hydrogens is 367 g/mol. The van der Waals surface area contributed by atoms with Crippen LogP contribution in [0, 0.1) is 0 Å². The van der Waals surface area contributed by atoms with Crippen molar-refractivity contribution >= 4 is 17.5 Å². The topological polar surface area (TPSA) is 64.4 Å². The van der Waals surface area contributed by atoms with Gasteiger partial charge in [0.1, 0.15) is 17.7 Å². The van der Waals surface area contributed by atoms with Crippen molar-refractivity contribution in [2.75, 3.05) is 0 Å². The van der Waals surface area contributed by atoms with E-state index in [1.807, 2.05) is 24.3 Å². The Balaban J connectivity index is 2.02. The van der Waals surface area contributed by atoms with Gasteiger partial charge in [0.25, 0.3) is 5.91 Å². The molecule has 0 spiro atoms. The second-order valence-corrected chi connectivity index (χ2v) is 6.46. The molecule has 6 heteroatoms. The van der Waals surface area contributed by atoms with E-state index < -0.39 is 6.17 Å². The Kier molecular flexibility index (Phi) is 7.44. The maximum atomic E-state index is 13.0. The molecule has 142 valence electrons. The van der Waals surface area contributed by atoms with E-state index in [9.17, 15) is 9.18 Å². The summed E-state index contributed by atoms with van der Waals surface area (Å²) in [7, 11) is 0. The lowest BCUT2D eigenvalue weighted by atomic mass is 10.1. The standard InChI is InChI=1S/C21H22ClFN2O2/c1-14(23)6-11-20(15(2)24)21(26)25-13-16-4-3-5-19(12-16)27-18-9-7-17(22)8-10-18/h3-12,14H,13,24H2,1-2H3,(H,25,26)/b11-6-,20-15-. The second kappa shape index (κ2) is 9.78. The average Bonchev–Trinajstić information content (AvgIpc) is 2.62. The number of halogens is 2. The fraction of sp³-hybridized carbons (Fsp3) is 0.190. The zero-order chi connectivity index (χ0) is 19.8. The smallest absolute Gasteiger partial charge is 0.253 e. The second-order valence-electron chi connectivity index (χ2n) is 6.02. The first kappa shape index (κ1) is 20.5. The third kappa shape index (κ3) is 6.79. The van der Waals surface area contributed by atoms with Crippen LogP contribution < -0.4 is 15.8 Å². The molecular formula is C21H22ClFN2O2. The molecule has 0 bridgehead atoms. The van der Waals surface area contributed by atoms with Gasteiger partial charge >= 0.3 is 0 Å². The van der Waals surface area contributed by atoms with E-state index in [1.54, 1.807) is 31.2 Å². The van der Waals surface area contributed by atoms with E-state index in [4.69, 9.17) is 22.1 Å². The van der Waals surface area contributed by atoms with Gasteiger partial charge in [-0.15, -0.1) is 0 Å². The number of amides is 1. The van der Waals surface area contributed by atoms with Crippen LogP contribution in [0.4, 0.5) is 4.39 Å². The average molecular weight is 389 g/mol. The lowest BCUT2D eigenvalue weighted by Crippen LogP contribution is -2.25. The Morgan fingerprint density at radius 1 is 1.26 bits per heavy atom. The molecule has 0 aliphatic rings. The van der Waals surface area contributed by atoms with Crippen LogP contribution in [0.3, 0.4) is 0 Å². The van der Waals surface area contributed by atoms with Crippen LogP contribution in [-0.4, -0.2) is 12.1 Å². The Hall–Kier alpha value is -2.79. The summed E-state index contributed by atoms with van der Waals surface area (Å²) in [5.74, 6) is 0.937. The van der Waals surface area contributed by atoms with Crippen molar-refractivity contribution in [1.29, 1.82) is 0 Å². The predicted octanol–water partition coefficient (Wildman–Crippen LogP) is 4.90. The quantitative estimate of drug-likeness (QED) is 0.524. The molecule has 0 saturated carbocycles. The first-order chi connectivity index (χ1) is 12.8. The van der Waals surface area contributed by atoms with Gasteiger partial charge in [0.2, 0.25) is 0 Å². The Labute approximate surface area is 163 Å². The number of allylic oxidation sites excluding steroid dienone is 2. The SMILES string of the molecule is C/C(N)=C(\C=C/C(C)F)C(=O)NCc1cccc(Oc2ccc(Cl)cc2)c1. The van der Waals surface area contributed by atoms with Gasteiger partial charge in [-0.05, 0) is 61.9 Å². The highest BCUT2D eigenvalue weighted by atomic mass is 35.5. The van der Waals surface area contributed by atoms with E-state index in [1.165, 1.54) is 19.1 Å². The van der Waals surface area contributed by atoms with Gasteiger partial charge < -0.3 is 15.8 Å². The molecule has 0 saturated heterocycles. The zero-order valence-corrected chi connectivity index (χ0v) is 16.0. The van der Waals surface area contributed by atoms with Gasteiger partial charge in [-0.2, -0.15) is 0 Å². The molecule has 0 fully saturated rings. The maximum absolute atomic E-state index is 13.0. The number of nitrogens with two attached hydrogens (primary N) is 1. The molecule has 0 aliphatic carbocycles. The van der Waals surface area contributed by atoms with Gasteiger partial charge in [-0.1, -0.05) is 29.8 Å². The highest BCUT2D eigenvalue weighted by Crippen LogP contribution is 2.23. The monoisotopic (exact) mass is 388 g/mol. The molecule has 1 unspecified atom stereocenters. The van der Waals surface area contributed by atoms with Gasteiger partial charge in [0.05, 0.1) is 5.57 Å². The van der Waals surface area contributed by atoms with E-state index in [0.717, 1.165) is 5.56 Å². The molecule has 0 radical (unpaired) electrons. The fourth-order valence-corrected chi connectivity index (χ4v) is 2.38. The summed E-state index contributed by atoms with van der Waals surface area (Å²) in [5.41, 5.74) is 7.15. The minimum atomic E-state index is -1.16. The van der Waals surface area contributed by atoms with E-state index in [-0.39, 0.29) is 18.0 Å². The van der Waals surface area contributed by atoms with Crippen molar-refractivity contribution in [2.24, 2.45) is 5.73 Å². The first-order valence-corrected chi connectivity index (χ1v) is 8.82. The summed E-state index contributed by atoms with van der Waals surface area (Å²) in [6.45, 7) is 3.26. The highest BCUT2D eigenvalue weighted by molar-refractivity contribution is 6.30. The van der Waals surface area contributed by atoms with Crippen LogP contribution in [-0.2, 0) is 11.3 Å². The number of rotatable bonds is 7. The van der Waals surface area contributed by atoms with Crippen LogP contribution in [0.2, 0.25) is 5.02 Å². The third-order valence-electron chi connectivity index (χ3n) is 3.60. The normalized spacial score (nSPS) is 13.2. The van der Waals surface area contributed by atoms with Crippen molar-refractivity contribution in [3.05, 3.63) is 82.5 Å². The summed E-state index contributed by atoms with van der Waals surface area (Å²) in [5, 5.41) is 3.41. The molecule has 0 heterocycles. The molecule has 2 rings (SSSR count). The van der Waals surface area contributed by atoms with Crippen LogP contribution in [0.15, 0.2) is 72.0 Å². The molecule has 0 aliphatic heterocycles. The van der Waals surface area contributed by atoms with Gasteiger partial charge in [0, 0.05) is 17.3 Å². The van der Waals surface area contributed by atoms with E-state index in [0.29, 0.717) is 22.2 Å². The van der Waals surface area contributed by atoms with Gasteiger partial charge in [-0.3, -0.25) is 4.79 Å². The van der Waals surface area contributed by atoms with Gasteiger partial charge in [-0.25, -0.2) is 4.39 Å². The molecule has 0 aromatic heterocycles. The number of hydrogen-bond donors (Lipinski definition) is 2. The Bertz CT molecular complexity index is 842. The van der Waals surface area contributed by atoms with Crippen LogP contribution in [0.1, 0.15) is 19.4 Å². The summed E-state index contributed by atoms with van der Waals surface area (Å²) in [6.07, 6.45) is 1.52. The van der Waals surface area contributed by atoms with Crippen molar-refractivity contribution in [3.8, 4) is 11.5 Å². The number of carbonyl (C=O) groups is 1. The molecule has 2 aromatic rings. The minimum absolute atomic E-state index is 0.244. The van der Waals surface area contributed by atoms with E-state index in [2.05, 4.69) is 5.32 Å². The Morgan fingerprint density at radius 2 is 1.96 bits per heavy atom. The number of alkyl halides is 1. The number of carbonyl (C=O) groups excluding carboxylic acids is 1. The first-order valence-electron chi connectivity index (χ1n) is 8.44. The largest absolute Gasteiger partial charge is 0.457 e. The summed E-state index contributed by atoms with van der Waals surface area (Å²) >= 11 is 5.86. The lowest BCUT2D eigenvalue weighted by molar-refractivity contribution is -0.117.